The highest BCUT2D eigenvalue weighted by Crippen LogP contribution is 2.32. The van der Waals surface area contributed by atoms with Gasteiger partial charge in [-0.3, -0.25) is 4.79 Å². The highest BCUT2D eigenvalue weighted by atomic mass is 32.2. The minimum absolute atomic E-state index is 0.103. The highest BCUT2D eigenvalue weighted by molar-refractivity contribution is 7.89. The van der Waals surface area contributed by atoms with Gasteiger partial charge in [0.1, 0.15) is 11.6 Å². The van der Waals surface area contributed by atoms with E-state index < -0.39 is 27.6 Å². The van der Waals surface area contributed by atoms with Crippen LogP contribution < -0.4 is 5.32 Å². The number of carbonyl (C=O) groups is 1. The Morgan fingerprint density at radius 3 is 2.24 bits per heavy atom. The van der Waals surface area contributed by atoms with E-state index in [1.807, 2.05) is 0 Å². The second kappa shape index (κ2) is 9.41. The molecule has 8 heteroatoms. The standard InChI is InChI=1S/C25H24F2N2O3S/c1-17-11-13-29(14-12-17)33(31,32)21-9-7-19(8-10-21)25(30)28-24-22(15-20(26)16-23(24)27)18-5-3-2-4-6-18/h2-10,15-17H,11-14H2,1H3,(H,28,30). The first kappa shape index (κ1) is 23.1. The molecule has 0 spiro atoms. The van der Waals surface area contributed by atoms with Gasteiger partial charge in [-0.25, -0.2) is 17.2 Å². The molecule has 5 nitrogen and oxygen atoms in total. The number of halogens is 2. The van der Waals surface area contributed by atoms with Crippen LogP contribution in [-0.4, -0.2) is 31.7 Å². The number of nitrogens with zero attached hydrogens (tertiary/aromatic N) is 1. The van der Waals surface area contributed by atoms with Crippen LogP contribution in [0.5, 0.6) is 0 Å². The molecule has 0 unspecified atom stereocenters. The Hall–Kier alpha value is -3.10. The number of sulfonamides is 1. The SMILES string of the molecule is CC1CCN(S(=O)(=O)c2ccc(C(=O)Nc3c(F)cc(F)cc3-c3ccccc3)cc2)CC1. The van der Waals surface area contributed by atoms with Gasteiger partial charge in [0.05, 0.1) is 10.6 Å². The number of benzene rings is 3. The second-order valence-corrected chi connectivity index (χ2v) is 10.2. The molecule has 1 fully saturated rings. The smallest absolute Gasteiger partial charge is 0.255 e. The lowest BCUT2D eigenvalue weighted by molar-refractivity contribution is 0.102. The molecule has 0 bridgehead atoms. The fraction of sp³-hybridized carbons (Fsp3) is 0.240. The topological polar surface area (TPSA) is 66.5 Å². The maximum absolute atomic E-state index is 14.6. The van der Waals surface area contributed by atoms with Gasteiger partial charge in [-0.05, 0) is 54.7 Å². The van der Waals surface area contributed by atoms with Crippen molar-refractivity contribution >= 4 is 21.6 Å². The lowest BCUT2D eigenvalue weighted by atomic mass is 10.0. The van der Waals surface area contributed by atoms with E-state index in [1.165, 1.54) is 28.6 Å². The number of amides is 1. The van der Waals surface area contributed by atoms with Crippen molar-refractivity contribution in [3.8, 4) is 11.1 Å². The Morgan fingerprint density at radius 1 is 0.970 bits per heavy atom. The zero-order valence-corrected chi connectivity index (χ0v) is 18.9. The first-order valence-corrected chi connectivity index (χ1v) is 12.2. The zero-order chi connectivity index (χ0) is 23.6. The predicted octanol–water partition coefficient (Wildman–Crippen LogP) is 5.30. The second-order valence-electron chi connectivity index (χ2n) is 8.24. The van der Waals surface area contributed by atoms with Gasteiger partial charge in [-0.15, -0.1) is 0 Å². The minimum Gasteiger partial charge on any atom is -0.319 e. The molecule has 0 aromatic heterocycles. The summed E-state index contributed by atoms with van der Waals surface area (Å²) < 4.78 is 55.7. The first-order chi connectivity index (χ1) is 15.8. The highest BCUT2D eigenvalue weighted by Gasteiger charge is 2.28. The largest absolute Gasteiger partial charge is 0.319 e. The van der Waals surface area contributed by atoms with Crippen LogP contribution in [0.1, 0.15) is 30.1 Å². The molecular formula is C25H24F2N2O3S. The Labute approximate surface area is 192 Å². The van der Waals surface area contributed by atoms with Crippen LogP contribution in [0.3, 0.4) is 0 Å². The van der Waals surface area contributed by atoms with E-state index >= 15 is 0 Å². The quantitative estimate of drug-likeness (QED) is 0.550. The van der Waals surface area contributed by atoms with Crippen molar-refractivity contribution in [3.63, 3.8) is 0 Å². The number of piperidine rings is 1. The molecule has 0 saturated carbocycles. The van der Waals surface area contributed by atoms with Crippen molar-refractivity contribution in [1.29, 1.82) is 0 Å². The Morgan fingerprint density at radius 2 is 1.61 bits per heavy atom. The summed E-state index contributed by atoms with van der Waals surface area (Å²) in [6.07, 6.45) is 1.62. The maximum Gasteiger partial charge on any atom is 0.255 e. The normalized spacial score (nSPS) is 15.4. The van der Waals surface area contributed by atoms with Crippen molar-refractivity contribution in [1.82, 2.24) is 4.31 Å². The Balaban J connectivity index is 1.57. The lowest BCUT2D eigenvalue weighted by Gasteiger charge is -2.29. The third-order valence-electron chi connectivity index (χ3n) is 5.88. The van der Waals surface area contributed by atoms with Crippen LogP contribution in [0.15, 0.2) is 71.6 Å². The summed E-state index contributed by atoms with van der Waals surface area (Å²) in [4.78, 5) is 12.9. The van der Waals surface area contributed by atoms with Gasteiger partial charge in [0, 0.05) is 30.3 Å². The van der Waals surface area contributed by atoms with Crippen LogP contribution in [0, 0.1) is 17.6 Å². The van der Waals surface area contributed by atoms with Crippen molar-refractivity contribution in [2.75, 3.05) is 18.4 Å². The molecule has 4 rings (SSSR count). The summed E-state index contributed by atoms with van der Waals surface area (Å²) >= 11 is 0. The zero-order valence-electron chi connectivity index (χ0n) is 18.1. The van der Waals surface area contributed by atoms with Crippen LogP contribution in [0.25, 0.3) is 11.1 Å². The Bertz CT molecular complexity index is 1250. The third kappa shape index (κ3) is 4.96. The average Bonchev–Trinajstić information content (AvgIpc) is 2.81. The van der Waals surface area contributed by atoms with E-state index in [4.69, 9.17) is 0 Å². The number of carbonyl (C=O) groups excluding carboxylic acids is 1. The van der Waals surface area contributed by atoms with Crippen molar-refractivity contribution in [2.24, 2.45) is 5.92 Å². The van der Waals surface area contributed by atoms with Gasteiger partial charge >= 0.3 is 0 Å². The molecule has 1 aliphatic heterocycles. The molecule has 1 heterocycles. The molecule has 3 aromatic rings. The lowest BCUT2D eigenvalue weighted by Crippen LogP contribution is -2.37. The molecular weight excluding hydrogens is 446 g/mol. The summed E-state index contributed by atoms with van der Waals surface area (Å²) in [5.74, 6) is -1.80. The number of anilines is 1. The predicted molar refractivity (Wildman–Crippen MR) is 123 cm³/mol. The van der Waals surface area contributed by atoms with E-state index in [0.29, 0.717) is 30.6 Å². The molecule has 33 heavy (non-hydrogen) atoms. The molecule has 1 amide bonds. The number of rotatable bonds is 5. The van der Waals surface area contributed by atoms with Gasteiger partial charge < -0.3 is 5.32 Å². The average molecular weight is 471 g/mol. The summed E-state index contributed by atoms with van der Waals surface area (Å²) in [7, 11) is -3.64. The number of nitrogens with one attached hydrogen (secondary N) is 1. The first-order valence-electron chi connectivity index (χ1n) is 10.7. The van der Waals surface area contributed by atoms with Gasteiger partial charge in [0.25, 0.3) is 5.91 Å². The van der Waals surface area contributed by atoms with E-state index in [0.717, 1.165) is 18.9 Å². The molecule has 0 atom stereocenters. The molecule has 1 aliphatic rings. The van der Waals surface area contributed by atoms with Gasteiger partial charge in [-0.2, -0.15) is 4.31 Å². The molecule has 172 valence electrons. The minimum atomic E-state index is -3.64. The number of hydrogen-bond acceptors (Lipinski definition) is 3. The van der Waals surface area contributed by atoms with Crippen molar-refractivity contribution in [3.05, 3.63) is 83.9 Å². The van der Waals surface area contributed by atoms with E-state index in [-0.39, 0.29) is 21.7 Å². The van der Waals surface area contributed by atoms with Gasteiger partial charge in [0.15, 0.2) is 0 Å². The van der Waals surface area contributed by atoms with E-state index in [9.17, 15) is 22.0 Å². The maximum atomic E-state index is 14.6. The summed E-state index contributed by atoms with van der Waals surface area (Å²) in [6, 6.07) is 16.0. The summed E-state index contributed by atoms with van der Waals surface area (Å²) in [5, 5.41) is 2.51. The van der Waals surface area contributed by atoms with Crippen LogP contribution in [0.2, 0.25) is 0 Å². The fourth-order valence-electron chi connectivity index (χ4n) is 3.88. The summed E-state index contributed by atoms with van der Waals surface area (Å²) in [5.41, 5.74) is 0.763. The summed E-state index contributed by atoms with van der Waals surface area (Å²) in [6.45, 7) is 3.04. The van der Waals surface area contributed by atoms with Crippen LogP contribution >= 0.6 is 0 Å². The monoisotopic (exact) mass is 470 g/mol. The van der Waals surface area contributed by atoms with E-state index in [1.54, 1.807) is 30.3 Å². The van der Waals surface area contributed by atoms with Crippen molar-refractivity contribution in [2.45, 2.75) is 24.7 Å². The van der Waals surface area contributed by atoms with Crippen LogP contribution in [-0.2, 0) is 10.0 Å². The fourth-order valence-corrected chi connectivity index (χ4v) is 5.35. The molecule has 1 saturated heterocycles. The number of hydrogen-bond donors (Lipinski definition) is 1. The van der Waals surface area contributed by atoms with Gasteiger partial charge in [0.2, 0.25) is 10.0 Å². The molecule has 3 aromatic carbocycles. The molecule has 0 aliphatic carbocycles. The Kier molecular flexibility index (Phi) is 6.58. The van der Waals surface area contributed by atoms with Gasteiger partial charge in [-0.1, -0.05) is 37.3 Å². The third-order valence-corrected chi connectivity index (χ3v) is 7.79. The molecule has 0 radical (unpaired) electrons. The van der Waals surface area contributed by atoms with Crippen LogP contribution in [0.4, 0.5) is 14.5 Å². The molecule has 1 N–H and O–H groups in total. The van der Waals surface area contributed by atoms with Crippen molar-refractivity contribution < 1.29 is 22.0 Å². The van der Waals surface area contributed by atoms with E-state index in [2.05, 4.69) is 12.2 Å².